The van der Waals surface area contributed by atoms with E-state index in [4.69, 9.17) is 0 Å². The van der Waals surface area contributed by atoms with Gasteiger partial charge in [-0.25, -0.2) is 8.78 Å². The molecule has 2 heterocycles. The van der Waals surface area contributed by atoms with Crippen LogP contribution in [0.5, 0.6) is 0 Å². The van der Waals surface area contributed by atoms with Crippen molar-refractivity contribution in [3.05, 3.63) is 70.8 Å². The van der Waals surface area contributed by atoms with E-state index in [1.165, 1.54) is 6.07 Å². The Morgan fingerprint density at radius 2 is 1.76 bits per heavy atom. The second kappa shape index (κ2) is 7.22. The Bertz CT molecular complexity index is 738. The molecule has 2 aromatic carbocycles. The van der Waals surface area contributed by atoms with Crippen LogP contribution in [0.25, 0.3) is 0 Å². The van der Waals surface area contributed by atoms with Crippen LogP contribution >= 0.6 is 0 Å². The van der Waals surface area contributed by atoms with Crippen LogP contribution in [-0.4, -0.2) is 35.5 Å². The van der Waals surface area contributed by atoms with Gasteiger partial charge in [0.25, 0.3) is 0 Å². The zero-order valence-electron chi connectivity index (χ0n) is 14.4. The molecule has 0 aromatic heterocycles. The van der Waals surface area contributed by atoms with E-state index in [-0.39, 0.29) is 11.6 Å². The lowest BCUT2D eigenvalue weighted by Gasteiger charge is -2.40. The van der Waals surface area contributed by atoms with Crippen molar-refractivity contribution in [3.63, 3.8) is 0 Å². The fourth-order valence-corrected chi connectivity index (χ4v) is 4.23. The van der Waals surface area contributed by atoms with E-state index >= 15 is 0 Å². The van der Waals surface area contributed by atoms with E-state index < -0.39 is 0 Å². The number of benzene rings is 2. The van der Waals surface area contributed by atoms with Crippen molar-refractivity contribution in [3.8, 4) is 0 Å². The summed E-state index contributed by atoms with van der Waals surface area (Å²) in [5.74, 6) is -0.214. The molecule has 0 atom stereocenters. The second-order valence-electron chi connectivity index (χ2n) is 7.24. The molecule has 2 aliphatic heterocycles. The average Bonchev–Trinajstić information content (AvgIpc) is 2.62. The van der Waals surface area contributed by atoms with Gasteiger partial charge in [0.15, 0.2) is 0 Å². The molecule has 4 heteroatoms. The largest absolute Gasteiger partial charge is 0.299 e. The van der Waals surface area contributed by atoms with Gasteiger partial charge in [-0.1, -0.05) is 24.3 Å². The highest BCUT2D eigenvalue weighted by molar-refractivity contribution is 5.30. The standard InChI is InChI=1S/C21H24F2N2/c22-18-5-1-3-16(13-18)14-24-10-7-19(8-11-24)25-12-9-20-17(15-25)4-2-6-21(20)23/h1-6,13,19H,7-12,14-15H2. The normalized spacial score (nSPS) is 19.8. The van der Waals surface area contributed by atoms with Crippen molar-refractivity contribution in [2.24, 2.45) is 0 Å². The fraction of sp³-hybridized carbons (Fsp3) is 0.429. The summed E-state index contributed by atoms with van der Waals surface area (Å²) in [5, 5.41) is 0. The molecular formula is C21H24F2N2. The van der Waals surface area contributed by atoms with Crippen molar-refractivity contribution in [2.45, 2.75) is 38.4 Å². The minimum Gasteiger partial charge on any atom is -0.299 e. The summed E-state index contributed by atoms with van der Waals surface area (Å²) in [5.41, 5.74) is 3.09. The van der Waals surface area contributed by atoms with Crippen LogP contribution in [0.2, 0.25) is 0 Å². The molecule has 0 spiro atoms. The number of hydrogen-bond acceptors (Lipinski definition) is 2. The third-order valence-corrected chi connectivity index (χ3v) is 5.61. The summed E-state index contributed by atoms with van der Waals surface area (Å²) in [6.45, 7) is 4.70. The zero-order valence-corrected chi connectivity index (χ0v) is 14.4. The Balaban J connectivity index is 1.33. The molecule has 0 saturated carbocycles. The van der Waals surface area contributed by atoms with E-state index in [0.29, 0.717) is 6.04 Å². The maximum atomic E-state index is 13.9. The highest BCUT2D eigenvalue weighted by Crippen LogP contribution is 2.26. The fourth-order valence-electron chi connectivity index (χ4n) is 4.23. The molecule has 0 bridgehead atoms. The van der Waals surface area contributed by atoms with Gasteiger partial charge in [-0.15, -0.1) is 0 Å². The molecule has 1 saturated heterocycles. The Morgan fingerprint density at radius 3 is 2.56 bits per heavy atom. The summed E-state index contributed by atoms with van der Waals surface area (Å²) >= 11 is 0. The number of halogens is 2. The molecule has 132 valence electrons. The van der Waals surface area contributed by atoms with Gasteiger partial charge in [0.05, 0.1) is 0 Å². The second-order valence-corrected chi connectivity index (χ2v) is 7.24. The molecule has 4 rings (SSSR count). The predicted octanol–water partition coefficient (Wildman–Crippen LogP) is 3.99. The molecule has 1 fully saturated rings. The van der Waals surface area contributed by atoms with Crippen molar-refractivity contribution < 1.29 is 8.78 Å². The first-order valence-electron chi connectivity index (χ1n) is 9.16. The van der Waals surface area contributed by atoms with E-state index in [1.807, 2.05) is 12.1 Å². The van der Waals surface area contributed by atoms with Crippen molar-refractivity contribution in [1.29, 1.82) is 0 Å². The lowest BCUT2D eigenvalue weighted by molar-refractivity contribution is 0.0943. The summed E-state index contributed by atoms with van der Waals surface area (Å²) < 4.78 is 27.2. The maximum absolute atomic E-state index is 13.9. The maximum Gasteiger partial charge on any atom is 0.126 e. The summed E-state index contributed by atoms with van der Waals surface area (Å²) in [4.78, 5) is 4.92. The van der Waals surface area contributed by atoms with Crippen LogP contribution in [0.4, 0.5) is 8.78 Å². The monoisotopic (exact) mass is 342 g/mol. The van der Waals surface area contributed by atoms with Crippen LogP contribution in [-0.2, 0) is 19.5 Å². The van der Waals surface area contributed by atoms with Gasteiger partial charge in [-0.2, -0.15) is 0 Å². The molecule has 0 radical (unpaired) electrons. The van der Waals surface area contributed by atoms with Crippen LogP contribution in [0.1, 0.15) is 29.5 Å². The lowest BCUT2D eigenvalue weighted by Crippen LogP contribution is -2.46. The molecular weight excluding hydrogens is 318 g/mol. The first-order valence-corrected chi connectivity index (χ1v) is 9.16. The number of nitrogens with zero attached hydrogens (tertiary/aromatic N) is 2. The molecule has 2 nitrogen and oxygen atoms in total. The number of fused-ring (bicyclic) bond motifs is 1. The molecule has 0 amide bonds. The van der Waals surface area contributed by atoms with Crippen LogP contribution in [0.15, 0.2) is 42.5 Å². The summed E-state index contributed by atoms with van der Waals surface area (Å²) in [6, 6.07) is 12.9. The van der Waals surface area contributed by atoms with Crippen molar-refractivity contribution in [2.75, 3.05) is 19.6 Å². The van der Waals surface area contributed by atoms with Gasteiger partial charge in [0.2, 0.25) is 0 Å². The first-order chi connectivity index (χ1) is 12.2. The Hall–Kier alpha value is -1.78. The SMILES string of the molecule is Fc1cccc(CN2CCC(N3CCc4c(F)cccc4C3)CC2)c1. The average molecular weight is 342 g/mol. The minimum atomic E-state index is -0.161. The number of rotatable bonds is 3. The van der Waals surface area contributed by atoms with E-state index in [1.54, 1.807) is 18.2 Å². The first kappa shape index (κ1) is 16.7. The Labute approximate surface area is 148 Å². The quantitative estimate of drug-likeness (QED) is 0.832. The van der Waals surface area contributed by atoms with E-state index in [2.05, 4.69) is 15.9 Å². The highest BCUT2D eigenvalue weighted by Gasteiger charge is 2.28. The number of likely N-dealkylation sites (tertiary alicyclic amines) is 1. The van der Waals surface area contributed by atoms with Gasteiger partial charge >= 0.3 is 0 Å². The topological polar surface area (TPSA) is 6.48 Å². The zero-order chi connectivity index (χ0) is 17.2. The van der Waals surface area contributed by atoms with Gasteiger partial charge in [0, 0.05) is 25.7 Å². The third-order valence-electron chi connectivity index (χ3n) is 5.61. The van der Waals surface area contributed by atoms with Gasteiger partial charge in [0.1, 0.15) is 11.6 Å². The minimum absolute atomic E-state index is 0.0536. The van der Waals surface area contributed by atoms with Gasteiger partial charge in [-0.05, 0) is 67.2 Å². The van der Waals surface area contributed by atoms with Gasteiger partial charge in [-0.3, -0.25) is 9.80 Å². The highest BCUT2D eigenvalue weighted by atomic mass is 19.1. The molecule has 0 N–H and O–H groups in total. The van der Waals surface area contributed by atoms with Crippen molar-refractivity contribution >= 4 is 0 Å². The molecule has 2 aromatic rings. The number of hydrogen-bond donors (Lipinski definition) is 0. The summed E-state index contributed by atoms with van der Waals surface area (Å²) in [6.07, 6.45) is 3.06. The smallest absolute Gasteiger partial charge is 0.126 e. The molecule has 25 heavy (non-hydrogen) atoms. The molecule has 0 unspecified atom stereocenters. The van der Waals surface area contributed by atoms with Crippen molar-refractivity contribution in [1.82, 2.24) is 9.80 Å². The Morgan fingerprint density at radius 1 is 0.960 bits per heavy atom. The third kappa shape index (κ3) is 3.75. The molecule has 2 aliphatic rings. The van der Waals surface area contributed by atoms with Gasteiger partial charge < -0.3 is 0 Å². The molecule has 0 aliphatic carbocycles. The van der Waals surface area contributed by atoms with Crippen LogP contribution < -0.4 is 0 Å². The number of piperidine rings is 1. The predicted molar refractivity (Wildman–Crippen MR) is 95.2 cm³/mol. The lowest BCUT2D eigenvalue weighted by atomic mass is 9.95. The summed E-state index contributed by atoms with van der Waals surface area (Å²) in [7, 11) is 0. The van der Waals surface area contributed by atoms with Crippen LogP contribution in [0, 0.1) is 11.6 Å². The van der Waals surface area contributed by atoms with E-state index in [9.17, 15) is 8.78 Å². The van der Waals surface area contributed by atoms with Crippen LogP contribution in [0.3, 0.4) is 0 Å². The Kier molecular flexibility index (Phi) is 4.82. The van der Waals surface area contributed by atoms with E-state index in [0.717, 1.165) is 68.7 Å².